The van der Waals surface area contributed by atoms with Crippen molar-refractivity contribution in [2.45, 2.75) is 12.3 Å². The first-order valence-electron chi connectivity index (χ1n) is 9.98. The lowest BCUT2D eigenvalue weighted by Crippen LogP contribution is -2.12. The van der Waals surface area contributed by atoms with Gasteiger partial charge in [0, 0.05) is 61.7 Å². The Balaban J connectivity index is 1.32. The number of benzene rings is 1. The van der Waals surface area contributed by atoms with Gasteiger partial charge in [0.1, 0.15) is 5.01 Å². The second-order valence-corrected chi connectivity index (χ2v) is 8.60. The van der Waals surface area contributed by atoms with E-state index >= 15 is 0 Å². The Hall–Kier alpha value is -3.72. The summed E-state index contributed by atoms with van der Waals surface area (Å²) in [6.45, 7) is 0.883. The van der Waals surface area contributed by atoms with Crippen LogP contribution in [0.25, 0.3) is 26.4 Å². The van der Waals surface area contributed by atoms with E-state index in [0.29, 0.717) is 6.42 Å². The van der Waals surface area contributed by atoms with E-state index in [0.717, 1.165) is 44.4 Å². The number of hydrazone groups is 1. The van der Waals surface area contributed by atoms with Gasteiger partial charge >= 0.3 is 0 Å². The van der Waals surface area contributed by atoms with E-state index in [1.54, 1.807) is 6.20 Å². The van der Waals surface area contributed by atoms with Crippen LogP contribution in [-0.2, 0) is 6.42 Å². The summed E-state index contributed by atoms with van der Waals surface area (Å²) in [6, 6.07) is 12.4. The second kappa shape index (κ2) is 7.21. The average Bonchev–Trinajstić information content (AvgIpc) is 3.51. The molecule has 6 rings (SSSR count). The molecule has 31 heavy (non-hydrogen) atoms. The van der Waals surface area contributed by atoms with Gasteiger partial charge in [-0.2, -0.15) is 14.7 Å². The van der Waals surface area contributed by atoms with Crippen molar-refractivity contribution in [2.24, 2.45) is 5.10 Å². The van der Waals surface area contributed by atoms with Gasteiger partial charge in [-0.3, -0.25) is 15.0 Å². The second-order valence-electron chi connectivity index (χ2n) is 7.64. The molecule has 0 spiro atoms. The summed E-state index contributed by atoms with van der Waals surface area (Å²) in [6.07, 6.45) is 8.15. The summed E-state index contributed by atoms with van der Waals surface area (Å²) in [5, 5.41) is 21.7. The highest BCUT2D eigenvalue weighted by atomic mass is 32.1. The quantitative estimate of drug-likeness (QED) is 0.438. The van der Waals surface area contributed by atoms with Gasteiger partial charge in [0.2, 0.25) is 4.96 Å². The van der Waals surface area contributed by atoms with Crippen molar-refractivity contribution in [3.8, 4) is 10.6 Å². The topological polar surface area (TPSA) is 84.5 Å². The van der Waals surface area contributed by atoms with E-state index in [2.05, 4.69) is 49.5 Å². The maximum absolute atomic E-state index is 4.71. The first-order valence-corrected chi connectivity index (χ1v) is 10.8. The molecule has 5 aromatic rings. The molecule has 0 radical (unpaired) electrons. The van der Waals surface area contributed by atoms with Crippen LogP contribution >= 0.6 is 11.3 Å². The first-order chi connectivity index (χ1) is 15.2. The predicted octanol–water partition coefficient (Wildman–Crippen LogP) is 3.40. The fourth-order valence-corrected chi connectivity index (χ4v) is 4.68. The molecule has 0 N–H and O–H groups in total. The van der Waals surface area contributed by atoms with Gasteiger partial charge in [-0.05, 0) is 41.5 Å². The molecule has 1 unspecified atom stereocenters. The molecule has 0 saturated carbocycles. The minimum Gasteiger partial charge on any atom is -0.299 e. The lowest BCUT2D eigenvalue weighted by Gasteiger charge is -2.11. The summed E-state index contributed by atoms with van der Waals surface area (Å²) in [4.78, 5) is 9.61. The van der Waals surface area contributed by atoms with Crippen LogP contribution in [0.4, 0.5) is 0 Å². The summed E-state index contributed by atoms with van der Waals surface area (Å²) >= 11 is 1.51. The van der Waals surface area contributed by atoms with Gasteiger partial charge in [0.15, 0.2) is 5.82 Å². The summed E-state index contributed by atoms with van der Waals surface area (Å²) in [5.41, 5.74) is 4.29. The smallest absolute Gasteiger partial charge is 0.234 e. The van der Waals surface area contributed by atoms with Crippen LogP contribution in [0.2, 0.25) is 0 Å². The van der Waals surface area contributed by atoms with Gasteiger partial charge in [-0.25, -0.2) is 0 Å². The normalized spacial score (nSPS) is 16.0. The molecule has 152 valence electrons. The summed E-state index contributed by atoms with van der Waals surface area (Å²) in [5.74, 6) is 1.09. The number of fused-ring (bicyclic) bond motifs is 2. The number of hydrogen-bond acceptors (Lipinski definition) is 8. The monoisotopic (exact) mass is 426 g/mol. The van der Waals surface area contributed by atoms with E-state index in [1.807, 2.05) is 47.3 Å². The molecular weight excluding hydrogens is 408 g/mol. The minimum atomic E-state index is 0.280. The summed E-state index contributed by atoms with van der Waals surface area (Å²) < 4.78 is 1.83. The third-order valence-corrected chi connectivity index (χ3v) is 6.37. The molecule has 0 aliphatic carbocycles. The molecule has 1 aromatic carbocycles. The Morgan fingerprint density at radius 3 is 2.94 bits per heavy atom. The lowest BCUT2D eigenvalue weighted by atomic mass is 10.00. The van der Waals surface area contributed by atoms with Gasteiger partial charge in [0.05, 0.1) is 5.52 Å². The molecule has 8 nitrogen and oxygen atoms in total. The Bertz CT molecular complexity index is 1420. The highest BCUT2D eigenvalue weighted by molar-refractivity contribution is 7.19. The van der Waals surface area contributed by atoms with Gasteiger partial charge in [-0.15, -0.1) is 10.2 Å². The molecular formula is C22H18N8S. The fourth-order valence-electron chi connectivity index (χ4n) is 3.83. The van der Waals surface area contributed by atoms with Crippen molar-refractivity contribution in [1.82, 2.24) is 34.8 Å². The van der Waals surface area contributed by atoms with Gasteiger partial charge < -0.3 is 0 Å². The maximum atomic E-state index is 4.71. The third-order valence-electron chi connectivity index (χ3n) is 5.43. The third kappa shape index (κ3) is 3.32. The van der Waals surface area contributed by atoms with Crippen LogP contribution in [0.1, 0.15) is 22.9 Å². The van der Waals surface area contributed by atoms with Gasteiger partial charge in [-0.1, -0.05) is 17.4 Å². The molecule has 4 aromatic heterocycles. The van der Waals surface area contributed by atoms with Crippen LogP contribution in [0.3, 0.4) is 0 Å². The van der Waals surface area contributed by atoms with Crippen molar-refractivity contribution in [1.29, 1.82) is 0 Å². The minimum absolute atomic E-state index is 0.280. The Kier molecular flexibility index (Phi) is 4.20. The number of nitrogens with zero attached hydrogens (tertiary/aromatic N) is 8. The molecule has 5 heterocycles. The SMILES string of the molecule is CN1CC(c2cnc3ccc(Cc4nnc5sc(-c6cccnc6)nn45)cc3c2)C=N1. The van der Waals surface area contributed by atoms with E-state index in [4.69, 9.17) is 5.10 Å². The van der Waals surface area contributed by atoms with Crippen LogP contribution < -0.4 is 0 Å². The molecule has 9 heteroatoms. The van der Waals surface area contributed by atoms with Gasteiger partial charge in [0.25, 0.3) is 0 Å². The van der Waals surface area contributed by atoms with Crippen LogP contribution in [0.15, 0.2) is 60.1 Å². The first kappa shape index (κ1) is 18.1. The van der Waals surface area contributed by atoms with Crippen molar-refractivity contribution in [3.63, 3.8) is 0 Å². The molecule has 0 bridgehead atoms. The van der Waals surface area contributed by atoms with Crippen molar-refractivity contribution in [2.75, 3.05) is 13.6 Å². The zero-order valence-electron chi connectivity index (χ0n) is 16.8. The fraction of sp³-hybridized carbons (Fsp3) is 0.182. The van der Waals surface area contributed by atoms with E-state index in [-0.39, 0.29) is 5.92 Å². The number of likely N-dealkylation sites (N-methyl/N-ethyl adjacent to an activating group) is 1. The number of rotatable bonds is 4. The van der Waals surface area contributed by atoms with E-state index in [9.17, 15) is 0 Å². The van der Waals surface area contributed by atoms with Crippen molar-refractivity contribution >= 4 is 33.4 Å². The molecule has 0 fully saturated rings. The average molecular weight is 427 g/mol. The lowest BCUT2D eigenvalue weighted by molar-refractivity contribution is 0.381. The zero-order valence-corrected chi connectivity index (χ0v) is 17.6. The van der Waals surface area contributed by atoms with Crippen LogP contribution in [0.5, 0.6) is 0 Å². The van der Waals surface area contributed by atoms with Crippen LogP contribution in [-0.4, -0.2) is 54.6 Å². The molecule has 1 aliphatic rings. The highest BCUT2D eigenvalue weighted by Crippen LogP contribution is 2.26. The Labute approximate surface area is 181 Å². The van der Waals surface area contributed by atoms with E-state index in [1.165, 1.54) is 16.9 Å². The number of hydrogen-bond donors (Lipinski definition) is 0. The molecule has 1 aliphatic heterocycles. The molecule has 0 saturated heterocycles. The largest absolute Gasteiger partial charge is 0.299 e. The van der Waals surface area contributed by atoms with E-state index < -0.39 is 0 Å². The van der Waals surface area contributed by atoms with Crippen molar-refractivity contribution in [3.05, 3.63) is 71.9 Å². The zero-order chi connectivity index (χ0) is 20.8. The Morgan fingerprint density at radius 2 is 2.10 bits per heavy atom. The Morgan fingerprint density at radius 1 is 1.13 bits per heavy atom. The number of aromatic nitrogens is 6. The maximum Gasteiger partial charge on any atom is 0.234 e. The molecule has 0 amide bonds. The van der Waals surface area contributed by atoms with Crippen molar-refractivity contribution < 1.29 is 0 Å². The van der Waals surface area contributed by atoms with Crippen LogP contribution in [0, 0.1) is 0 Å². The molecule has 1 atom stereocenters. The highest BCUT2D eigenvalue weighted by Gasteiger charge is 2.18. The standard InChI is InChI=1S/C22H18N8S/c1-29-13-18(12-25-29)17-9-16-7-14(4-5-19(16)24-11-17)8-20-26-27-22-30(20)28-21(31-22)15-3-2-6-23-10-15/h2-7,9-12,18H,8,13H2,1H3. The number of pyridine rings is 2. The summed E-state index contributed by atoms with van der Waals surface area (Å²) in [7, 11) is 1.99. The predicted molar refractivity (Wildman–Crippen MR) is 120 cm³/mol.